The maximum absolute atomic E-state index is 12.2. The van der Waals surface area contributed by atoms with E-state index in [1.54, 1.807) is 25.3 Å². The van der Waals surface area contributed by atoms with E-state index in [1.807, 2.05) is 36.4 Å². The van der Waals surface area contributed by atoms with Crippen LogP contribution in [0.25, 0.3) is 0 Å². The van der Waals surface area contributed by atoms with Crippen LogP contribution >= 0.6 is 0 Å². The molecule has 2 aromatic rings. The van der Waals surface area contributed by atoms with Crippen molar-refractivity contribution < 1.29 is 19.1 Å². The molecule has 0 unspecified atom stereocenters. The van der Waals surface area contributed by atoms with Crippen LogP contribution in [0.1, 0.15) is 27.9 Å². The van der Waals surface area contributed by atoms with Crippen LogP contribution in [0.15, 0.2) is 59.7 Å². The first-order valence-electron chi connectivity index (χ1n) is 8.35. The lowest BCUT2D eigenvalue weighted by atomic mass is 10.1. The second-order valence-electron chi connectivity index (χ2n) is 5.89. The van der Waals surface area contributed by atoms with Crippen LogP contribution in [0, 0.1) is 0 Å². The number of benzene rings is 2. The number of ether oxygens (including phenoxy) is 2. The largest absolute Gasteiger partial charge is 0.452 e. The summed E-state index contributed by atoms with van der Waals surface area (Å²) in [4.78, 5) is 24.4. The number of methoxy groups -OCH3 is 1. The molecule has 0 radical (unpaired) electrons. The number of amides is 1. The van der Waals surface area contributed by atoms with Crippen molar-refractivity contribution in [1.82, 2.24) is 5.01 Å². The third-order valence-electron chi connectivity index (χ3n) is 4.00. The zero-order valence-electron chi connectivity index (χ0n) is 14.6. The van der Waals surface area contributed by atoms with E-state index >= 15 is 0 Å². The van der Waals surface area contributed by atoms with Gasteiger partial charge in [-0.05, 0) is 23.3 Å². The van der Waals surface area contributed by atoms with Crippen molar-refractivity contribution in [2.75, 3.05) is 20.3 Å². The summed E-state index contributed by atoms with van der Waals surface area (Å²) < 4.78 is 10.2. The highest BCUT2D eigenvalue weighted by atomic mass is 16.5. The van der Waals surface area contributed by atoms with Crippen molar-refractivity contribution in [1.29, 1.82) is 0 Å². The molecule has 0 saturated heterocycles. The monoisotopic (exact) mass is 352 g/mol. The minimum Gasteiger partial charge on any atom is -0.452 e. The van der Waals surface area contributed by atoms with Crippen molar-refractivity contribution >= 4 is 17.6 Å². The molecule has 1 heterocycles. The van der Waals surface area contributed by atoms with E-state index in [0.717, 1.165) is 16.8 Å². The molecule has 6 heteroatoms. The molecule has 0 spiro atoms. The van der Waals surface area contributed by atoms with E-state index < -0.39 is 5.97 Å². The quantitative estimate of drug-likeness (QED) is 0.750. The van der Waals surface area contributed by atoms with E-state index in [-0.39, 0.29) is 12.5 Å². The third kappa shape index (κ3) is 4.34. The van der Waals surface area contributed by atoms with Gasteiger partial charge in [0.1, 0.15) is 0 Å². The number of hydrazone groups is 1. The number of nitrogens with zero attached hydrogens (tertiary/aromatic N) is 2. The van der Waals surface area contributed by atoms with E-state index in [9.17, 15) is 9.59 Å². The van der Waals surface area contributed by atoms with Gasteiger partial charge in [0, 0.05) is 13.5 Å². The number of carbonyl (C=O) groups is 2. The van der Waals surface area contributed by atoms with Gasteiger partial charge in [0.05, 0.1) is 24.4 Å². The van der Waals surface area contributed by atoms with Crippen LogP contribution in [0.5, 0.6) is 0 Å². The fourth-order valence-electron chi connectivity index (χ4n) is 2.71. The summed E-state index contributed by atoms with van der Waals surface area (Å²) >= 11 is 0. The van der Waals surface area contributed by atoms with E-state index in [4.69, 9.17) is 9.47 Å². The Balaban J connectivity index is 1.56. The first-order valence-corrected chi connectivity index (χ1v) is 8.35. The molecule has 0 aromatic heterocycles. The van der Waals surface area contributed by atoms with E-state index in [2.05, 4.69) is 5.10 Å². The van der Waals surface area contributed by atoms with Gasteiger partial charge in [0.25, 0.3) is 5.91 Å². The molecule has 2 aromatic carbocycles. The van der Waals surface area contributed by atoms with E-state index in [0.29, 0.717) is 25.1 Å². The average molecular weight is 352 g/mol. The topological polar surface area (TPSA) is 68.2 Å². The average Bonchev–Trinajstić information content (AvgIpc) is 3.17. The molecule has 26 heavy (non-hydrogen) atoms. The summed E-state index contributed by atoms with van der Waals surface area (Å²) in [5.41, 5.74) is 3.11. The Morgan fingerprint density at radius 1 is 1.12 bits per heavy atom. The third-order valence-corrected chi connectivity index (χ3v) is 4.00. The highest BCUT2D eigenvalue weighted by molar-refractivity contribution is 6.02. The van der Waals surface area contributed by atoms with Crippen LogP contribution < -0.4 is 0 Å². The van der Waals surface area contributed by atoms with Gasteiger partial charge in [0.15, 0.2) is 6.61 Å². The molecular weight excluding hydrogens is 332 g/mol. The zero-order chi connectivity index (χ0) is 18.4. The minimum absolute atomic E-state index is 0.334. The fraction of sp³-hybridized carbons (Fsp3) is 0.250. The van der Waals surface area contributed by atoms with Crippen molar-refractivity contribution in [3.8, 4) is 0 Å². The Hall–Kier alpha value is -2.99. The Morgan fingerprint density at radius 2 is 1.92 bits per heavy atom. The van der Waals surface area contributed by atoms with Crippen LogP contribution in [0.2, 0.25) is 0 Å². The SMILES string of the molecule is COCc1cccc(C(=O)OCC(=O)N2CCC(c3ccccc3)=N2)c1. The highest BCUT2D eigenvalue weighted by Crippen LogP contribution is 2.14. The van der Waals surface area contributed by atoms with Gasteiger partial charge in [0.2, 0.25) is 0 Å². The van der Waals surface area contributed by atoms with Crippen molar-refractivity contribution in [2.24, 2.45) is 5.10 Å². The smallest absolute Gasteiger partial charge is 0.338 e. The van der Waals surface area contributed by atoms with Gasteiger partial charge in [-0.2, -0.15) is 5.10 Å². The first kappa shape index (κ1) is 17.8. The van der Waals surface area contributed by atoms with Crippen LogP contribution in [0.4, 0.5) is 0 Å². The van der Waals surface area contributed by atoms with Gasteiger partial charge in [-0.1, -0.05) is 42.5 Å². The number of hydrogen-bond acceptors (Lipinski definition) is 5. The molecule has 0 atom stereocenters. The number of rotatable bonds is 6. The molecule has 6 nitrogen and oxygen atoms in total. The summed E-state index contributed by atoms with van der Waals surface area (Å²) in [6, 6.07) is 16.7. The predicted molar refractivity (Wildman–Crippen MR) is 96.7 cm³/mol. The molecule has 0 N–H and O–H groups in total. The molecule has 134 valence electrons. The van der Waals surface area contributed by atoms with Gasteiger partial charge in [-0.25, -0.2) is 9.80 Å². The van der Waals surface area contributed by atoms with Crippen LogP contribution in [-0.4, -0.2) is 42.9 Å². The Bertz CT molecular complexity index is 818. The molecule has 3 rings (SSSR count). The lowest BCUT2D eigenvalue weighted by molar-refractivity contribution is -0.134. The van der Waals surface area contributed by atoms with Crippen LogP contribution in [-0.2, 0) is 20.9 Å². The molecule has 0 bridgehead atoms. The summed E-state index contributed by atoms with van der Waals surface area (Å²) in [6.45, 7) is 0.563. The maximum Gasteiger partial charge on any atom is 0.338 e. The second kappa shape index (κ2) is 8.40. The molecular formula is C20H20N2O4. The van der Waals surface area contributed by atoms with Crippen molar-refractivity contribution in [3.05, 3.63) is 71.3 Å². The Morgan fingerprint density at radius 3 is 2.69 bits per heavy atom. The lowest BCUT2D eigenvalue weighted by Crippen LogP contribution is -2.28. The second-order valence-corrected chi connectivity index (χ2v) is 5.89. The Labute approximate surface area is 152 Å². The first-order chi connectivity index (χ1) is 12.7. The van der Waals surface area contributed by atoms with Gasteiger partial charge in [-0.3, -0.25) is 4.79 Å². The highest BCUT2D eigenvalue weighted by Gasteiger charge is 2.22. The molecule has 1 aliphatic rings. The standard InChI is InChI=1S/C20H20N2O4/c1-25-13-15-6-5-9-17(12-15)20(24)26-14-19(23)22-11-10-18(21-22)16-7-3-2-4-8-16/h2-9,12H,10-11,13-14H2,1H3. The zero-order valence-corrected chi connectivity index (χ0v) is 14.6. The molecule has 0 saturated carbocycles. The molecule has 0 aliphatic carbocycles. The van der Waals surface area contributed by atoms with E-state index in [1.165, 1.54) is 5.01 Å². The number of hydrogen-bond donors (Lipinski definition) is 0. The fourth-order valence-corrected chi connectivity index (χ4v) is 2.71. The van der Waals surface area contributed by atoms with Gasteiger partial charge < -0.3 is 9.47 Å². The van der Waals surface area contributed by atoms with Gasteiger partial charge in [-0.15, -0.1) is 0 Å². The lowest BCUT2D eigenvalue weighted by Gasteiger charge is -2.11. The molecule has 0 fully saturated rings. The summed E-state index contributed by atoms with van der Waals surface area (Å²) in [7, 11) is 1.59. The normalized spacial score (nSPS) is 13.4. The van der Waals surface area contributed by atoms with Crippen molar-refractivity contribution in [3.63, 3.8) is 0 Å². The molecule has 1 aliphatic heterocycles. The Kier molecular flexibility index (Phi) is 5.76. The molecule has 1 amide bonds. The number of esters is 1. The predicted octanol–water partition coefficient (Wildman–Crippen LogP) is 2.63. The summed E-state index contributed by atoms with van der Waals surface area (Å²) in [5, 5.41) is 5.70. The summed E-state index contributed by atoms with van der Waals surface area (Å²) in [5.74, 6) is -0.875. The van der Waals surface area contributed by atoms with Crippen molar-refractivity contribution in [2.45, 2.75) is 13.0 Å². The number of carbonyl (C=O) groups excluding carboxylic acids is 2. The summed E-state index contributed by atoms with van der Waals surface area (Å²) in [6.07, 6.45) is 0.683. The van der Waals surface area contributed by atoms with Crippen LogP contribution in [0.3, 0.4) is 0 Å². The maximum atomic E-state index is 12.2. The minimum atomic E-state index is -0.539. The van der Waals surface area contributed by atoms with Gasteiger partial charge >= 0.3 is 5.97 Å².